The van der Waals surface area contributed by atoms with E-state index in [-0.39, 0.29) is 6.04 Å². The second kappa shape index (κ2) is 8.57. The third-order valence-electron chi connectivity index (χ3n) is 4.22. The summed E-state index contributed by atoms with van der Waals surface area (Å²) >= 11 is 14.0. The number of hydrogen-bond acceptors (Lipinski definition) is 5. The minimum Gasteiger partial charge on any atom is -0.226 e. The number of hydrogen-bond donors (Lipinski definition) is 0. The summed E-state index contributed by atoms with van der Waals surface area (Å²) in [5.41, 5.74) is 2.85. The van der Waals surface area contributed by atoms with E-state index in [0.717, 1.165) is 22.0 Å². The minimum atomic E-state index is 0.127. The summed E-state index contributed by atoms with van der Waals surface area (Å²) in [5, 5.41) is 19.4. The average molecular weight is 445 g/mol. The number of rotatable bonds is 6. The molecule has 0 aliphatic rings. The van der Waals surface area contributed by atoms with Crippen LogP contribution in [0.15, 0.2) is 59.8 Å². The molecule has 2 heterocycles. The van der Waals surface area contributed by atoms with Crippen LogP contribution in [0, 0.1) is 0 Å². The van der Waals surface area contributed by atoms with E-state index in [2.05, 4.69) is 32.6 Å². The van der Waals surface area contributed by atoms with Crippen LogP contribution in [-0.2, 0) is 5.75 Å². The second-order valence-electron chi connectivity index (χ2n) is 6.68. The van der Waals surface area contributed by atoms with E-state index in [1.54, 1.807) is 34.9 Å². The van der Waals surface area contributed by atoms with E-state index in [9.17, 15) is 0 Å². The first-order chi connectivity index (χ1) is 14.0. The Morgan fingerprint density at radius 2 is 1.83 bits per heavy atom. The summed E-state index contributed by atoms with van der Waals surface area (Å²) in [6.07, 6.45) is 1.76. The van der Waals surface area contributed by atoms with Crippen molar-refractivity contribution in [2.24, 2.45) is 0 Å². The molecule has 0 radical (unpaired) electrons. The summed E-state index contributed by atoms with van der Waals surface area (Å²) in [6.45, 7) is 4.02. The number of halogens is 2. The van der Waals surface area contributed by atoms with Gasteiger partial charge in [-0.25, -0.2) is 4.68 Å². The first kappa shape index (κ1) is 19.9. The zero-order chi connectivity index (χ0) is 20.4. The van der Waals surface area contributed by atoms with E-state index in [1.807, 2.05) is 42.8 Å². The van der Waals surface area contributed by atoms with Gasteiger partial charge in [-0.2, -0.15) is 9.90 Å². The molecule has 0 aliphatic carbocycles. The van der Waals surface area contributed by atoms with Crippen molar-refractivity contribution in [1.29, 1.82) is 0 Å². The summed E-state index contributed by atoms with van der Waals surface area (Å²) in [5.74, 6) is 1.32. The Balaban J connectivity index is 1.76. The maximum absolute atomic E-state index is 6.23. The molecular formula is C20H18Cl2N6S. The fourth-order valence-electron chi connectivity index (χ4n) is 2.71. The lowest BCUT2D eigenvalue weighted by Crippen LogP contribution is -2.04. The molecule has 0 amide bonds. The molecule has 9 heteroatoms. The van der Waals surface area contributed by atoms with Crippen LogP contribution in [0.5, 0.6) is 0 Å². The van der Waals surface area contributed by atoms with Crippen molar-refractivity contribution < 1.29 is 0 Å². The maximum Gasteiger partial charge on any atom is 0.209 e. The van der Waals surface area contributed by atoms with Crippen molar-refractivity contribution in [3.8, 4) is 17.1 Å². The van der Waals surface area contributed by atoms with Crippen LogP contribution < -0.4 is 0 Å². The Morgan fingerprint density at radius 1 is 1.03 bits per heavy atom. The molecule has 4 rings (SSSR count). The van der Waals surface area contributed by atoms with Gasteiger partial charge in [0.05, 0.1) is 33.5 Å². The van der Waals surface area contributed by atoms with Crippen molar-refractivity contribution in [3.63, 3.8) is 0 Å². The largest absolute Gasteiger partial charge is 0.226 e. The van der Waals surface area contributed by atoms with Gasteiger partial charge in [-0.1, -0.05) is 53.5 Å². The fourth-order valence-corrected chi connectivity index (χ4v) is 4.07. The number of tetrazole rings is 1. The van der Waals surface area contributed by atoms with Crippen molar-refractivity contribution in [3.05, 3.63) is 70.3 Å². The second-order valence-corrected chi connectivity index (χ2v) is 8.45. The van der Waals surface area contributed by atoms with Gasteiger partial charge in [-0.15, -0.1) is 22.0 Å². The molecule has 0 saturated carbocycles. The van der Waals surface area contributed by atoms with Crippen LogP contribution in [-0.4, -0.2) is 30.0 Å². The Morgan fingerprint density at radius 3 is 2.52 bits per heavy atom. The highest BCUT2D eigenvalue weighted by molar-refractivity contribution is 7.98. The van der Waals surface area contributed by atoms with Gasteiger partial charge in [0.15, 0.2) is 0 Å². The van der Waals surface area contributed by atoms with Crippen LogP contribution in [0.3, 0.4) is 0 Å². The van der Waals surface area contributed by atoms with Crippen LogP contribution in [0.4, 0.5) is 0 Å². The van der Waals surface area contributed by atoms with E-state index in [1.165, 1.54) is 5.56 Å². The molecule has 0 fully saturated rings. The van der Waals surface area contributed by atoms with Crippen LogP contribution >= 0.6 is 35.0 Å². The summed E-state index contributed by atoms with van der Waals surface area (Å²) in [4.78, 5) is 1.59. The number of nitrogens with zero attached hydrogens (tertiary/aromatic N) is 6. The van der Waals surface area contributed by atoms with Crippen molar-refractivity contribution in [2.75, 3.05) is 0 Å². The summed E-state index contributed by atoms with van der Waals surface area (Å²) in [6, 6.07) is 15.8. The van der Waals surface area contributed by atoms with Gasteiger partial charge in [-0.3, -0.25) is 0 Å². The molecule has 2 aromatic heterocycles. The summed E-state index contributed by atoms with van der Waals surface area (Å²) in [7, 11) is 0. The van der Waals surface area contributed by atoms with E-state index < -0.39 is 0 Å². The quantitative estimate of drug-likeness (QED) is 0.356. The Bertz CT molecular complexity index is 1120. The Hall–Kier alpha value is -2.35. The lowest BCUT2D eigenvalue weighted by molar-refractivity contribution is 0.455. The van der Waals surface area contributed by atoms with Gasteiger partial charge in [0.25, 0.3) is 0 Å². The molecule has 6 nitrogen and oxygen atoms in total. The van der Waals surface area contributed by atoms with Gasteiger partial charge >= 0.3 is 0 Å². The Labute approximate surface area is 182 Å². The van der Waals surface area contributed by atoms with Crippen LogP contribution in [0.2, 0.25) is 10.0 Å². The van der Waals surface area contributed by atoms with Gasteiger partial charge < -0.3 is 0 Å². The standard InChI is InChI=1S/C20H18Cl2N6S/c1-13(2)28-25-19(24-26-28)16-11-23-27(15-8-9-17(21)18(22)10-15)20(16)29-12-14-6-4-3-5-7-14/h3-11,13H,12H2,1-2H3. The van der Waals surface area contributed by atoms with Crippen LogP contribution in [0.1, 0.15) is 25.5 Å². The minimum absolute atomic E-state index is 0.127. The highest BCUT2D eigenvalue weighted by Gasteiger charge is 2.19. The molecule has 0 atom stereocenters. The smallest absolute Gasteiger partial charge is 0.209 e. The molecule has 0 aliphatic heterocycles. The van der Waals surface area contributed by atoms with Crippen molar-refractivity contribution >= 4 is 35.0 Å². The molecule has 2 aromatic carbocycles. The van der Waals surface area contributed by atoms with Crippen molar-refractivity contribution in [2.45, 2.75) is 30.7 Å². The van der Waals surface area contributed by atoms with Crippen LogP contribution in [0.25, 0.3) is 17.1 Å². The van der Waals surface area contributed by atoms with E-state index in [0.29, 0.717) is 15.9 Å². The van der Waals surface area contributed by atoms with E-state index >= 15 is 0 Å². The predicted octanol–water partition coefficient (Wildman–Crippen LogP) is 5.71. The first-order valence-corrected chi connectivity index (χ1v) is 10.8. The molecule has 0 unspecified atom stereocenters. The number of benzene rings is 2. The normalized spacial score (nSPS) is 11.3. The average Bonchev–Trinajstić information content (AvgIpc) is 3.36. The molecule has 0 saturated heterocycles. The van der Waals surface area contributed by atoms with Gasteiger partial charge in [0.2, 0.25) is 5.82 Å². The maximum atomic E-state index is 6.23. The molecule has 0 bridgehead atoms. The molecular weight excluding hydrogens is 427 g/mol. The topological polar surface area (TPSA) is 61.4 Å². The van der Waals surface area contributed by atoms with Gasteiger partial charge in [0.1, 0.15) is 5.03 Å². The zero-order valence-electron chi connectivity index (χ0n) is 15.8. The number of thioether (sulfide) groups is 1. The third kappa shape index (κ3) is 4.32. The molecule has 148 valence electrons. The van der Waals surface area contributed by atoms with E-state index in [4.69, 9.17) is 23.2 Å². The lowest BCUT2D eigenvalue weighted by atomic mass is 10.2. The summed E-state index contributed by atoms with van der Waals surface area (Å²) < 4.78 is 1.83. The monoisotopic (exact) mass is 444 g/mol. The zero-order valence-corrected chi connectivity index (χ0v) is 18.2. The SMILES string of the molecule is CC(C)n1nnc(-c2cnn(-c3ccc(Cl)c(Cl)c3)c2SCc2ccccc2)n1. The predicted molar refractivity (Wildman–Crippen MR) is 117 cm³/mol. The molecule has 29 heavy (non-hydrogen) atoms. The molecule has 0 N–H and O–H groups in total. The molecule has 4 aromatic rings. The highest BCUT2D eigenvalue weighted by Crippen LogP contribution is 2.35. The van der Waals surface area contributed by atoms with Gasteiger partial charge in [-0.05, 0) is 42.8 Å². The lowest BCUT2D eigenvalue weighted by Gasteiger charge is -2.10. The Kier molecular flexibility index (Phi) is 5.89. The third-order valence-corrected chi connectivity index (χ3v) is 6.11. The van der Waals surface area contributed by atoms with Crippen molar-refractivity contribution in [1.82, 2.24) is 30.0 Å². The highest BCUT2D eigenvalue weighted by atomic mass is 35.5. The van der Waals surface area contributed by atoms with Gasteiger partial charge in [0, 0.05) is 5.75 Å². The molecule has 0 spiro atoms. The number of aromatic nitrogens is 6. The first-order valence-electron chi connectivity index (χ1n) is 9.03. The fraction of sp³-hybridized carbons (Fsp3) is 0.200.